The number of nitrogens with zero attached hydrogens (tertiary/aromatic N) is 1. The van der Waals surface area contributed by atoms with Crippen LogP contribution in [0.25, 0.3) is 10.8 Å². The summed E-state index contributed by atoms with van der Waals surface area (Å²) in [6.45, 7) is 2.93. The number of anilines is 1. The first kappa shape index (κ1) is 16.9. The molecule has 0 aromatic heterocycles. The molecule has 5 nitrogen and oxygen atoms in total. The van der Waals surface area contributed by atoms with Gasteiger partial charge in [0.1, 0.15) is 17.3 Å². The summed E-state index contributed by atoms with van der Waals surface area (Å²) in [6, 6.07) is 11.9. The lowest BCUT2D eigenvalue weighted by molar-refractivity contribution is 0.0718. The van der Waals surface area contributed by atoms with Gasteiger partial charge in [0.2, 0.25) is 0 Å². The summed E-state index contributed by atoms with van der Waals surface area (Å²) < 4.78 is 16.2. The van der Waals surface area contributed by atoms with E-state index in [0.29, 0.717) is 13.2 Å². The van der Waals surface area contributed by atoms with E-state index in [2.05, 4.69) is 0 Å². The van der Waals surface area contributed by atoms with E-state index in [1.807, 2.05) is 49.6 Å². The van der Waals surface area contributed by atoms with E-state index < -0.39 is 0 Å². The van der Waals surface area contributed by atoms with Crippen molar-refractivity contribution in [3.8, 4) is 5.75 Å². The van der Waals surface area contributed by atoms with Crippen molar-refractivity contribution >= 4 is 34.3 Å². The van der Waals surface area contributed by atoms with E-state index in [4.69, 9.17) is 14.2 Å². The van der Waals surface area contributed by atoms with Crippen LogP contribution in [0.3, 0.4) is 0 Å². The Morgan fingerprint density at radius 1 is 1.29 bits per heavy atom. The molecule has 1 saturated heterocycles. The van der Waals surface area contributed by atoms with Crippen molar-refractivity contribution in [3.05, 3.63) is 36.4 Å². The summed E-state index contributed by atoms with van der Waals surface area (Å²) in [6.07, 6.45) is 1.47. The zero-order valence-electron chi connectivity index (χ0n) is 14.0. The molecule has 2 atom stereocenters. The Morgan fingerprint density at radius 3 is 2.79 bits per heavy atom. The number of benzene rings is 2. The highest BCUT2D eigenvalue weighted by Crippen LogP contribution is 2.29. The maximum atomic E-state index is 12.0. The highest BCUT2D eigenvalue weighted by molar-refractivity contribution is 7.99. The molecule has 0 radical (unpaired) electrons. The van der Waals surface area contributed by atoms with Gasteiger partial charge in [-0.1, -0.05) is 12.1 Å². The molecule has 2 unspecified atom stereocenters. The smallest absolute Gasteiger partial charge is 0.414 e. The van der Waals surface area contributed by atoms with Gasteiger partial charge in [-0.2, -0.15) is 0 Å². The Labute approximate surface area is 145 Å². The highest BCUT2D eigenvalue weighted by atomic mass is 32.2. The summed E-state index contributed by atoms with van der Waals surface area (Å²) in [5.74, 6) is 0.845. The van der Waals surface area contributed by atoms with Crippen LogP contribution in [0.5, 0.6) is 5.75 Å². The zero-order chi connectivity index (χ0) is 17.1. The quantitative estimate of drug-likeness (QED) is 0.742. The predicted octanol–water partition coefficient (Wildman–Crippen LogP) is 3.90. The molecule has 1 amide bonds. The molecule has 3 rings (SSSR count). The number of hydrogen-bond donors (Lipinski definition) is 0. The molecular weight excluding hydrogens is 326 g/mol. The van der Waals surface area contributed by atoms with Gasteiger partial charge in [0, 0.05) is 12.8 Å². The van der Waals surface area contributed by atoms with Crippen LogP contribution in [0.1, 0.15) is 6.92 Å². The molecule has 0 N–H and O–H groups in total. The average Bonchev–Trinajstić information content (AvgIpc) is 2.95. The van der Waals surface area contributed by atoms with Crippen LogP contribution in [0.4, 0.5) is 10.5 Å². The Hall–Kier alpha value is -1.92. The minimum atomic E-state index is -0.329. The molecule has 0 saturated carbocycles. The Kier molecular flexibility index (Phi) is 5.16. The molecule has 1 fully saturated rings. The molecule has 1 aliphatic rings. The van der Waals surface area contributed by atoms with Crippen LogP contribution in [0.2, 0.25) is 0 Å². The first-order valence-electron chi connectivity index (χ1n) is 7.81. The fourth-order valence-corrected chi connectivity index (χ4v) is 2.90. The molecule has 0 bridgehead atoms. The summed E-state index contributed by atoms with van der Waals surface area (Å²) in [7, 11) is 1.60. The number of thioether (sulfide) groups is 1. The van der Waals surface area contributed by atoms with Gasteiger partial charge >= 0.3 is 6.09 Å². The van der Waals surface area contributed by atoms with Crippen LogP contribution >= 0.6 is 11.8 Å². The predicted molar refractivity (Wildman–Crippen MR) is 97.0 cm³/mol. The van der Waals surface area contributed by atoms with Crippen molar-refractivity contribution in [1.29, 1.82) is 0 Å². The van der Waals surface area contributed by atoms with Gasteiger partial charge in [-0.25, -0.2) is 4.79 Å². The maximum absolute atomic E-state index is 12.0. The van der Waals surface area contributed by atoms with Crippen molar-refractivity contribution in [2.24, 2.45) is 0 Å². The molecule has 1 aliphatic heterocycles. The van der Waals surface area contributed by atoms with Crippen molar-refractivity contribution in [2.45, 2.75) is 18.5 Å². The second-order valence-electron chi connectivity index (χ2n) is 5.69. The third-order valence-electron chi connectivity index (χ3n) is 3.97. The van der Waals surface area contributed by atoms with Gasteiger partial charge in [0.15, 0.2) is 0 Å². The number of ether oxygens (including phenoxy) is 3. The molecule has 6 heteroatoms. The first-order chi connectivity index (χ1) is 11.6. The Bertz CT molecular complexity index is 736. The first-order valence-corrected chi connectivity index (χ1v) is 9.10. The van der Waals surface area contributed by atoms with Crippen molar-refractivity contribution in [2.75, 3.05) is 31.4 Å². The lowest BCUT2D eigenvalue weighted by Gasteiger charge is -2.15. The molecule has 2 aromatic carbocycles. The van der Waals surface area contributed by atoms with Gasteiger partial charge in [0.05, 0.1) is 13.2 Å². The van der Waals surface area contributed by atoms with Crippen molar-refractivity contribution in [1.82, 2.24) is 0 Å². The van der Waals surface area contributed by atoms with E-state index in [-0.39, 0.29) is 17.6 Å². The fourth-order valence-electron chi connectivity index (χ4n) is 2.70. The lowest BCUT2D eigenvalue weighted by Crippen LogP contribution is -2.25. The molecule has 2 aromatic rings. The van der Waals surface area contributed by atoms with Gasteiger partial charge in [-0.05, 0) is 48.2 Å². The minimum Gasteiger partial charge on any atom is -0.480 e. The third-order valence-corrected chi connectivity index (χ3v) is 4.73. The van der Waals surface area contributed by atoms with E-state index in [1.165, 1.54) is 0 Å². The van der Waals surface area contributed by atoms with Gasteiger partial charge in [0.25, 0.3) is 0 Å². The normalized spacial score (nSPS) is 18.7. The van der Waals surface area contributed by atoms with Crippen LogP contribution in [-0.4, -0.2) is 44.2 Å². The maximum Gasteiger partial charge on any atom is 0.414 e. The van der Waals surface area contributed by atoms with E-state index in [9.17, 15) is 4.79 Å². The van der Waals surface area contributed by atoms with Gasteiger partial charge in [-0.15, -0.1) is 11.8 Å². The monoisotopic (exact) mass is 347 g/mol. The average molecular weight is 347 g/mol. The highest BCUT2D eigenvalue weighted by Gasteiger charge is 2.32. The van der Waals surface area contributed by atoms with Gasteiger partial charge < -0.3 is 14.2 Å². The fraction of sp³-hybridized carbons (Fsp3) is 0.389. The van der Waals surface area contributed by atoms with Crippen molar-refractivity contribution in [3.63, 3.8) is 0 Å². The number of methoxy groups -OCH3 is 1. The summed E-state index contributed by atoms with van der Waals surface area (Å²) in [4.78, 5) is 13.7. The SMILES string of the molecule is COCC1CN(c2ccc3cc(OC(C)SC)ccc3c2)C(=O)O1. The van der Waals surface area contributed by atoms with E-state index >= 15 is 0 Å². The molecule has 128 valence electrons. The molecule has 0 spiro atoms. The third kappa shape index (κ3) is 3.60. The summed E-state index contributed by atoms with van der Waals surface area (Å²) in [5.41, 5.74) is 0.941. The van der Waals surface area contributed by atoms with E-state index in [0.717, 1.165) is 22.2 Å². The van der Waals surface area contributed by atoms with E-state index in [1.54, 1.807) is 23.8 Å². The Morgan fingerprint density at radius 2 is 2.04 bits per heavy atom. The number of carbonyl (C=O) groups is 1. The molecular formula is C18H21NO4S. The second-order valence-corrected chi connectivity index (χ2v) is 6.82. The van der Waals surface area contributed by atoms with Crippen LogP contribution in [0, 0.1) is 0 Å². The number of rotatable bonds is 6. The standard InChI is InChI=1S/C18H21NO4S/c1-12(24-3)22-16-7-5-13-8-15(6-4-14(13)9-16)19-10-17(11-21-2)23-18(19)20/h4-9,12,17H,10-11H2,1-3H3. The zero-order valence-corrected chi connectivity index (χ0v) is 14.8. The topological polar surface area (TPSA) is 48.0 Å². The molecule has 1 heterocycles. The molecule has 0 aliphatic carbocycles. The molecule has 24 heavy (non-hydrogen) atoms. The largest absolute Gasteiger partial charge is 0.480 e. The second kappa shape index (κ2) is 7.32. The number of hydrogen-bond acceptors (Lipinski definition) is 5. The number of fused-ring (bicyclic) bond motifs is 1. The lowest BCUT2D eigenvalue weighted by atomic mass is 10.1. The Balaban J connectivity index is 1.81. The van der Waals surface area contributed by atoms with Gasteiger partial charge in [-0.3, -0.25) is 4.90 Å². The summed E-state index contributed by atoms with van der Waals surface area (Å²) in [5, 5.41) is 2.13. The van der Waals surface area contributed by atoms with Crippen LogP contribution in [0.15, 0.2) is 36.4 Å². The number of cyclic esters (lactones) is 1. The minimum absolute atomic E-state index is 0.110. The van der Waals surface area contributed by atoms with Crippen LogP contribution < -0.4 is 9.64 Å². The number of amides is 1. The van der Waals surface area contributed by atoms with Crippen LogP contribution in [-0.2, 0) is 9.47 Å². The number of carbonyl (C=O) groups excluding carboxylic acids is 1. The van der Waals surface area contributed by atoms with Crippen molar-refractivity contribution < 1.29 is 19.0 Å². The summed E-state index contributed by atoms with van der Waals surface area (Å²) >= 11 is 1.66.